The zero-order chi connectivity index (χ0) is 16.7. The van der Waals surface area contributed by atoms with Crippen molar-refractivity contribution in [3.8, 4) is 0 Å². The molecule has 1 aliphatic heterocycles. The Morgan fingerprint density at radius 1 is 1.38 bits per heavy atom. The van der Waals surface area contributed by atoms with Gasteiger partial charge in [-0.25, -0.2) is 4.98 Å². The van der Waals surface area contributed by atoms with Gasteiger partial charge < -0.3 is 14.4 Å². The van der Waals surface area contributed by atoms with E-state index in [4.69, 9.17) is 21.3 Å². The van der Waals surface area contributed by atoms with Crippen LogP contribution >= 0.6 is 11.6 Å². The third kappa shape index (κ3) is 2.57. The van der Waals surface area contributed by atoms with Crippen molar-refractivity contribution in [3.05, 3.63) is 35.2 Å². The Kier molecular flexibility index (Phi) is 4.16. The molecule has 0 amide bonds. The molecule has 2 aromatic heterocycles. The van der Waals surface area contributed by atoms with Crippen LogP contribution in [0.15, 0.2) is 24.4 Å². The molecule has 0 saturated carbocycles. The van der Waals surface area contributed by atoms with Crippen LogP contribution in [0.25, 0.3) is 21.9 Å². The lowest BCUT2D eigenvalue weighted by Gasteiger charge is -2.31. The number of pyridine rings is 1. The molecule has 0 aliphatic carbocycles. The third-order valence-corrected chi connectivity index (χ3v) is 5.01. The number of halogens is 1. The molecule has 3 aromatic rings. The van der Waals surface area contributed by atoms with Gasteiger partial charge in [0.1, 0.15) is 11.3 Å². The summed E-state index contributed by atoms with van der Waals surface area (Å²) in [5, 5.41) is 11.2. The minimum Gasteiger partial charge on any atom is -0.394 e. The maximum Gasteiger partial charge on any atom is 0.109 e. The van der Waals surface area contributed by atoms with Crippen molar-refractivity contribution in [2.45, 2.75) is 38.3 Å². The molecule has 1 aromatic carbocycles. The Morgan fingerprint density at radius 3 is 3.04 bits per heavy atom. The third-order valence-electron chi connectivity index (χ3n) is 4.78. The highest BCUT2D eigenvalue weighted by Gasteiger charge is 2.27. The first-order valence-corrected chi connectivity index (χ1v) is 8.76. The van der Waals surface area contributed by atoms with Crippen LogP contribution in [0.3, 0.4) is 0 Å². The predicted octanol–water partition coefficient (Wildman–Crippen LogP) is 3.51. The highest BCUT2D eigenvalue weighted by molar-refractivity contribution is 6.31. The second-order valence-corrected chi connectivity index (χ2v) is 6.70. The summed E-state index contributed by atoms with van der Waals surface area (Å²) >= 11 is 6.23. The van der Waals surface area contributed by atoms with E-state index in [1.807, 2.05) is 24.4 Å². The molecule has 24 heavy (non-hydrogen) atoms. The molecule has 6 heteroatoms. The fourth-order valence-electron chi connectivity index (χ4n) is 3.66. The smallest absolute Gasteiger partial charge is 0.109 e. The summed E-state index contributed by atoms with van der Waals surface area (Å²) in [6.07, 6.45) is 4.28. The normalized spacial score (nSPS) is 21.6. The lowest BCUT2D eigenvalue weighted by Crippen LogP contribution is -2.30. The average molecular weight is 346 g/mol. The zero-order valence-electron chi connectivity index (χ0n) is 13.6. The Hall–Kier alpha value is -1.69. The fourth-order valence-corrected chi connectivity index (χ4v) is 3.83. The van der Waals surface area contributed by atoms with Crippen molar-refractivity contribution in [1.29, 1.82) is 0 Å². The maximum atomic E-state index is 9.48. The van der Waals surface area contributed by atoms with E-state index in [-0.39, 0.29) is 18.8 Å². The van der Waals surface area contributed by atoms with E-state index in [0.29, 0.717) is 11.6 Å². The van der Waals surface area contributed by atoms with Gasteiger partial charge in [-0.2, -0.15) is 0 Å². The van der Waals surface area contributed by atoms with Crippen LogP contribution in [0.2, 0.25) is 5.02 Å². The Morgan fingerprint density at radius 2 is 2.25 bits per heavy atom. The molecule has 4 rings (SSSR count). The first kappa shape index (κ1) is 15.8. The van der Waals surface area contributed by atoms with Crippen LogP contribution in [0.5, 0.6) is 0 Å². The van der Waals surface area contributed by atoms with Crippen LogP contribution in [-0.4, -0.2) is 39.0 Å². The second kappa shape index (κ2) is 6.31. The number of benzene rings is 1. The van der Waals surface area contributed by atoms with Gasteiger partial charge in [0.25, 0.3) is 0 Å². The molecule has 2 atom stereocenters. The van der Waals surface area contributed by atoms with Crippen molar-refractivity contribution < 1.29 is 9.84 Å². The largest absolute Gasteiger partial charge is 0.394 e. The average Bonchev–Trinajstić information content (AvgIpc) is 3.00. The number of hydrogen-bond acceptors (Lipinski definition) is 4. The molecule has 0 unspecified atom stereocenters. The Labute approximate surface area is 145 Å². The van der Waals surface area contributed by atoms with Gasteiger partial charge in [0.05, 0.1) is 29.9 Å². The van der Waals surface area contributed by atoms with Crippen LogP contribution in [0, 0.1) is 0 Å². The van der Waals surface area contributed by atoms with Gasteiger partial charge in [0, 0.05) is 29.5 Å². The minimum absolute atomic E-state index is 0.0543. The van der Waals surface area contributed by atoms with Crippen molar-refractivity contribution in [2.24, 2.45) is 0 Å². The zero-order valence-corrected chi connectivity index (χ0v) is 14.3. The molecule has 0 radical (unpaired) electrons. The van der Waals surface area contributed by atoms with Gasteiger partial charge in [0.2, 0.25) is 0 Å². The van der Waals surface area contributed by atoms with E-state index < -0.39 is 0 Å². The summed E-state index contributed by atoms with van der Waals surface area (Å²) in [6.45, 7) is 2.82. The summed E-state index contributed by atoms with van der Waals surface area (Å²) in [5.74, 6) is 1.04. The molecule has 126 valence electrons. The quantitative estimate of drug-likeness (QED) is 0.789. The number of nitrogens with zero attached hydrogens (tertiary/aromatic N) is 3. The van der Waals surface area contributed by atoms with Crippen molar-refractivity contribution in [2.75, 3.05) is 13.2 Å². The van der Waals surface area contributed by atoms with Crippen LogP contribution in [0.1, 0.15) is 31.6 Å². The number of fused-ring (bicyclic) bond motifs is 3. The number of aliphatic hydroxyl groups is 1. The van der Waals surface area contributed by atoms with E-state index in [1.165, 1.54) is 0 Å². The SMILES string of the molecule is CCc1nc2cnc3ccc(Cl)cc3c2n1[C@@H]1CCO[C@H](CO)C1. The van der Waals surface area contributed by atoms with Gasteiger partial charge in [0.15, 0.2) is 0 Å². The van der Waals surface area contributed by atoms with Gasteiger partial charge in [-0.3, -0.25) is 4.98 Å². The van der Waals surface area contributed by atoms with Crippen LogP contribution < -0.4 is 0 Å². The number of rotatable bonds is 3. The number of imidazole rings is 1. The molecular weight excluding hydrogens is 326 g/mol. The van der Waals surface area contributed by atoms with Crippen molar-refractivity contribution in [3.63, 3.8) is 0 Å². The van der Waals surface area contributed by atoms with Crippen LogP contribution in [-0.2, 0) is 11.2 Å². The molecule has 5 nitrogen and oxygen atoms in total. The summed E-state index contributed by atoms with van der Waals surface area (Å²) < 4.78 is 7.95. The molecule has 3 heterocycles. The molecule has 1 N–H and O–H groups in total. The van der Waals surface area contributed by atoms with E-state index in [2.05, 4.69) is 16.5 Å². The highest BCUT2D eigenvalue weighted by atomic mass is 35.5. The monoisotopic (exact) mass is 345 g/mol. The molecule has 0 bridgehead atoms. The van der Waals surface area contributed by atoms with E-state index in [9.17, 15) is 5.11 Å². The first-order valence-electron chi connectivity index (χ1n) is 8.38. The van der Waals surface area contributed by atoms with Crippen molar-refractivity contribution >= 4 is 33.5 Å². The molecule has 1 aliphatic rings. The van der Waals surface area contributed by atoms with Gasteiger partial charge in [-0.05, 0) is 31.0 Å². The number of hydrogen-bond donors (Lipinski definition) is 1. The fraction of sp³-hybridized carbons (Fsp3) is 0.444. The molecular formula is C18H20ClN3O2. The summed E-state index contributed by atoms with van der Waals surface area (Å²) in [6, 6.07) is 6.04. The highest BCUT2D eigenvalue weighted by Crippen LogP contribution is 2.34. The molecule has 0 spiro atoms. The van der Waals surface area contributed by atoms with E-state index >= 15 is 0 Å². The van der Waals surface area contributed by atoms with Gasteiger partial charge in [-0.15, -0.1) is 0 Å². The Bertz CT molecular complexity index is 893. The summed E-state index contributed by atoms with van der Waals surface area (Å²) in [7, 11) is 0. The minimum atomic E-state index is -0.109. The van der Waals surface area contributed by atoms with Gasteiger partial charge >= 0.3 is 0 Å². The number of ether oxygens (including phenoxy) is 1. The standard InChI is InChI=1S/C18H20ClN3O2/c1-2-17-21-16-9-20-15-4-3-11(19)7-14(15)18(16)22(17)12-5-6-24-13(8-12)10-23/h3-4,7,9,12-13,23H,2,5-6,8,10H2,1H3/t12-,13+/m1/s1. The molecule has 1 fully saturated rings. The van der Waals surface area contributed by atoms with Gasteiger partial charge in [-0.1, -0.05) is 18.5 Å². The summed E-state index contributed by atoms with van der Waals surface area (Å²) in [4.78, 5) is 9.31. The van der Waals surface area contributed by atoms with Crippen LogP contribution in [0.4, 0.5) is 0 Å². The Balaban J connectivity index is 1.96. The number of aromatic nitrogens is 3. The van der Waals surface area contributed by atoms with E-state index in [1.54, 1.807) is 0 Å². The lowest BCUT2D eigenvalue weighted by atomic mass is 10.0. The molecule has 1 saturated heterocycles. The lowest BCUT2D eigenvalue weighted by molar-refractivity contribution is -0.0344. The topological polar surface area (TPSA) is 60.2 Å². The van der Waals surface area contributed by atoms with E-state index in [0.717, 1.165) is 47.0 Å². The maximum absolute atomic E-state index is 9.48. The second-order valence-electron chi connectivity index (χ2n) is 6.26. The summed E-state index contributed by atoms with van der Waals surface area (Å²) in [5.41, 5.74) is 2.90. The first-order chi connectivity index (χ1) is 11.7. The van der Waals surface area contributed by atoms with Crippen molar-refractivity contribution in [1.82, 2.24) is 14.5 Å². The number of aliphatic hydroxyl groups excluding tert-OH is 1. The number of aryl methyl sites for hydroxylation is 1. The predicted molar refractivity (Wildman–Crippen MR) is 94.5 cm³/mol.